The minimum absolute atomic E-state index is 0.0944. The van der Waals surface area contributed by atoms with Crippen molar-refractivity contribution in [2.75, 3.05) is 13.2 Å². The summed E-state index contributed by atoms with van der Waals surface area (Å²) in [5.41, 5.74) is -0.200. The van der Waals surface area contributed by atoms with Crippen molar-refractivity contribution in [3.63, 3.8) is 0 Å². The number of benzene rings is 1. The summed E-state index contributed by atoms with van der Waals surface area (Å²) < 4.78 is 32.7. The van der Waals surface area contributed by atoms with Crippen LogP contribution in [0.2, 0.25) is 0 Å². The molecule has 6 nitrogen and oxygen atoms in total. The number of hydrogen-bond donors (Lipinski definition) is 1. The molecule has 2 aliphatic heterocycles. The van der Waals surface area contributed by atoms with Crippen molar-refractivity contribution in [2.24, 2.45) is 11.8 Å². The molecule has 1 aliphatic carbocycles. The van der Waals surface area contributed by atoms with Crippen LogP contribution in [0.5, 0.6) is 0 Å². The van der Waals surface area contributed by atoms with Crippen molar-refractivity contribution >= 4 is 29.2 Å². The average Bonchev–Trinajstić information content (AvgIpc) is 3.26. The summed E-state index contributed by atoms with van der Waals surface area (Å²) in [6.07, 6.45) is 2.71. The number of halogens is 3. The maximum absolute atomic E-state index is 13.6. The number of ketones is 1. The van der Waals surface area contributed by atoms with Crippen LogP contribution in [0.3, 0.4) is 0 Å². The number of likely N-dealkylation sites (tertiary alicyclic amines) is 1. The predicted octanol–water partition coefficient (Wildman–Crippen LogP) is 2.68. The van der Waals surface area contributed by atoms with Gasteiger partial charge in [-0.15, -0.1) is 11.6 Å². The van der Waals surface area contributed by atoms with Gasteiger partial charge in [-0.1, -0.05) is 19.8 Å². The molecule has 4 atom stereocenters. The second-order valence-corrected chi connectivity index (χ2v) is 9.38. The zero-order chi connectivity index (χ0) is 22.3. The first kappa shape index (κ1) is 22.1. The number of nitrogens with zero attached hydrogens (tertiary/aromatic N) is 1. The Bertz CT molecular complexity index is 870. The van der Waals surface area contributed by atoms with E-state index in [1.807, 2.05) is 0 Å². The van der Waals surface area contributed by atoms with E-state index in [9.17, 15) is 23.2 Å². The lowest BCUT2D eigenvalue weighted by Gasteiger charge is -2.35. The SMILES string of the molecule is CC1CCC([C@H](NC(=O)c2cc(F)cc(F)c2)C(=O)N2C[C@H](Cl)[C@H]3OCC(=O)[C@H]32)CC1. The summed E-state index contributed by atoms with van der Waals surface area (Å²) in [4.78, 5) is 40.1. The Morgan fingerprint density at radius 1 is 1.16 bits per heavy atom. The Kier molecular flexibility index (Phi) is 6.30. The van der Waals surface area contributed by atoms with E-state index >= 15 is 0 Å². The molecule has 168 valence electrons. The van der Waals surface area contributed by atoms with Gasteiger partial charge in [-0.3, -0.25) is 14.4 Å². The summed E-state index contributed by atoms with van der Waals surface area (Å²) in [5.74, 6) is -2.72. The first-order valence-corrected chi connectivity index (χ1v) is 11.0. The van der Waals surface area contributed by atoms with Gasteiger partial charge in [-0.25, -0.2) is 8.78 Å². The van der Waals surface area contributed by atoms with Crippen LogP contribution in [0.15, 0.2) is 18.2 Å². The first-order chi connectivity index (χ1) is 14.7. The number of amides is 2. The van der Waals surface area contributed by atoms with Gasteiger partial charge in [0.1, 0.15) is 36.4 Å². The maximum Gasteiger partial charge on any atom is 0.252 e. The fraction of sp³-hybridized carbons (Fsp3) is 0.591. The molecule has 1 aromatic rings. The van der Waals surface area contributed by atoms with E-state index in [0.717, 1.165) is 37.8 Å². The summed E-state index contributed by atoms with van der Waals surface area (Å²) in [5, 5.41) is 2.19. The molecular weight excluding hydrogens is 430 g/mol. The lowest BCUT2D eigenvalue weighted by molar-refractivity contribution is -0.139. The fourth-order valence-electron chi connectivity index (χ4n) is 4.91. The molecule has 9 heteroatoms. The molecule has 3 fully saturated rings. The molecule has 2 saturated heterocycles. The van der Waals surface area contributed by atoms with Gasteiger partial charge in [-0.05, 0) is 36.8 Å². The molecule has 2 amide bonds. The van der Waals surface area contributed by atoms with Crippen molar-refractivity contribution in [3.8, 4) is 0 Å². The van der Waals surface area contributed by atoms with Gasteiger partial charge in [0.2, 0.25) is 5.91 Å². The van der Waals surface area contributed by atoms with Gasteiger partial charge in [0.05, 0.1) is 5.38 Å². The van der Waals surface area contributed by atoms with E-state index in [1.165, 1.54) is 4.90 Å². The molecule has 31 heavy (non-hydrogen) atoms. The number of rotatable bonds is 4. The predicted molar refractivity (Wildman–Crippen MR) is 109 cm³/mol. The van der Waals surface area contributed by atoms with E-state index in [1.54, 1.807) is 0 Å². The van der Waals surface area contributed by atoms with Crippen LogP contribution in [-0.2, 0) is 14.3 Å². The number of alkyl halides is 1. The molecule has 2 heterocycles. The zero-order valence-electron chi connectivity index (χ0n) is 17.2. The van der Waals surface area contributed by atoms with Crippen LogP contribution in [0.4, 0.5) is 8.78 Å². The van der Waals surface area contributed by atoms with Gasteiger partial charge < -0.3 is 15.0 Å². The van der Waals surface area contributed by atoms with Gasteiger partial charge in [-0.2, -0.15) is 0 Å². The molecule has 1 aromatic carbocycles. The third-order valence-electron chi connectivity index (χ3n) is 6.61. The average molecular weight is 455 g/mol. The van der Waals surface area contributed by atoms with Crippen LogP contribution in [0.1, 0.15) is 43.0 Å². The number of nitrogens with one attached hydrogen (secondary N) is 1. The van der Waals surface area contributed by atoms with Crippen molar-refractivity contribution < 1.29 is 27.9 Å². The lowest BCUT2D eigenvalue weighted by atomic mass is 9.78. The number of carbonyl (C=O) groups excluding carboxylic acids is 3. The van der Waals surface area contributed by atoms with E-state index < -0.39 is 47.0 Å². The number of fused-ring (bicyclic) bond motifs is 1. The normalized spacial score (nSPS) is 31.4. The summed E-state index contributed by atoms with van der Waals surface area (Å²) in [7, 11) is 0. The second-order valence-electron chi connectivity index (χ2n) is 8.82. The highest BCUT2D eigenvalue weighted by molar-refractivity contribution is 6.22. The molecule has 0 spiro atoms. The van der Waals surface area contributed by atoms with Gasteiger partial charge in [0.15, 0.2) is 5.78 Å². The highest BCUT2D eigenvalue weighted by Crippen LogP contribution is 2.35. The maximum atomic E-state index is 13.6. The smallest absolute Gasteiger partial charge is 0.252 e. The number of Topliss-reactive ketones (excluding diaryl/α,β-unsaturated/α-hetero) is 1. The van der Waals surface area contributed by atoms with Crippen LogP contribution in [-0.4, -0.2) is 59.2 Å². The van der Waals surface area contributed by atoms with E-state index in [4.69, 9.17) is 16.3 Å². The molecule has 4 rings (SSSR count). The Balaban J connectivity index is 1.59. The zero-order valence-corrected chi connectivity index (χ0v) is 17.9. The van der Waals surface area contributed by atoms with Gasteiger partial charge >= 0.3 is 0 Å². The molecular formula is C22H25ClF2N2O4. The Morgan fingerprint density at radius 2 is 1.81 bits per heavy atom. The fourth-order valence-corrected chi connectivity index (χ4v) is 5.27. The molecule has 0 unspecified atom stereocenters. The molecule has 0 aromatic heterocycles. The molecule has 1 N–H and O–H groups in total. The van der Waals surface area contributed by atoms with Crippen LogP contribution >= 0.6 is 11.6 Å². The van der Waals surface area contributed by atoms with Crippen molar-refractivity contribution in [2.45, 2.75) is 56.2 Å². The monoisotopic (exact) mass is 454 g/mol. The summed E-state index contributed by atoms with van der Waals surface area (Å²) in [6.45, 7) is 2.19. The highest BCUT2D eigenvalue weighted by Gasteiger charge is 2.53. The van der Waals surface area contributed by atoms with Crippen molar-refractivity contribution in [1.29, 1.82) is 0 Å². The minimum Gasteiger partial charge on any atom is -0.366 e. The summed E-state index contributed by atoms with van der Waals surface area (Å²) in [6, 6.07) is 0.861. The van der Waals surface area contributed by atoms with Crippen LogP contribution in [0, 0.1) is 23.5 Å². The number of ether oxygens (including phenoxy) is 1. The third-order valence-corrected chi connectivity index (χ3v) is 7.00. The largest absolute Gasteiger partial charge is 0.366 e. The number of carbonyl (C=O) groups is 3. The highest BCUT2D eigenvalue weighted by atomic mass is 35.5. The van der Waals surface area contributed by atoms with E-state index in [0.29, 0.717) is 12.0 Å². The Hall–Kier alpha value is -2.06. The van der Waals surface area contributed by atoms with Crippen LogP contribution < -0.4 is 5.32 Å². The first-order valence-electron chi connectivity index (χ1n) is 10.6. The minimum atomic E-state index is -0.914. The molecule has 1 saturated carbocycles. The van der Waals surface area contributed by atoms with Crippen molar-refractivity contribution in [1.82, 2.24) is 10.2 Å². The Morgan fingerprint density at radius 3 is 2.45 bits per heavy atom. The molecule has 3 aliphatic rings. The van der Waals surface area contributed by atoms with E-state index in [2.05, 4.69) is 12.2 Å². The standard InChI is InChI=1S/C22H25ClF2N2O4/c1-11-2-4-12(5-3-11)18(26-21(29)13-6-14(24)8-15(25)7-13)22(30)27-9-16(23)20-19(27)17(28)10-31-20/h6-8,11-12,16,18-20H,2-5,9-10H2,1H3,(H,26,29)/t11?,12?,16-,18-,19+,20+/m0/s1. The molecule has 0 bridgehead atoms. The van der Waals surface area contributed by atoms with Crippen molar-refractivity contribution in [3.05, 3.63) is 35.4 Å². The van der Waals surface area contributed by atoms with E-state index in [-0.39, 0.29) is 30.4 Å². The lowest BCUT2D eigenvalue weighted by Crippen LogP contribution is -2.55. The Labute approximate surface area is 184 Å². The van der Waals surface area contributed by atoms with Gasteiger partial charge in [0, 0.05) is 18.2 Å². The summed E-state index contributed by atoms with van der Waals surface area (Å²) >= 11 is 6.32. The topological polar surface area (TPSA) is 75.7 Å². The molecule has 0 radical (unpaired) electrons. The quantitative estimate of drug-likeness (QED) is 0.710. The van der Waals surface area contributed by atoms with Gasteiger partial charge in [0.25, 0.3) is 5.91 Å². The van der Waals surface area contributed by atoms with Crippen LogP contribution in [0.25, 0.3) is 0 Å². The third kappa shape index (κ3) is 4.46. The number of hydrogen-bond acceptors (Lipinski definition) is 4. The second kappa shape index (κ2) is 8.82.